The third-order valence-electron chi connectivity index (χ3n) is 3.74. The number of nitrogens with one attached hydrogen (secondary N) is 1. The summed E-state index contributed by atoms with van der Waals surface area (Å²) in [4.78, 5) is 14.3. The maximum absolute atomic E-state index is 12.6. The van der Waals surface area contributed by atoms with E-state index < -0.39 is 15.1 Å². The van der Waals surface area contributed by atoms with Gasteiger partial charge in [0, 0.05) is 31.9 Å². The number of hydrogen-bond donors (Lipinski definition) is 1. The summed E-state index contributed by atoms with van der Waals surface area (Å²) in [5.41, 5.74) is 0.865. The monoisotopic (exact) mass is 310 g/mol. The van der Waals surface area contributed by atoms with E-state index in [1.165, 1.54) is 0 Å². The van der Waals surface area contributed by atoms with Gasteiger partial charge in [0.15, 0.2) is 9.84 Å². The molecule has 1 fully saturated rings. The van der Waals surface area contributed by atoms with Crippen LogP contribution in [0.5, 0.6) is 0 Å². The lowest BCUT2D eigenvalue weighted by Crippen LogP contribution is -2.55. The predicted molar refractivity (Wildman–Crippen MR) is 82.8 cm³/mol. The Hall–Kier alpha value is -1.40. The van der Waals surface area contributed by atoms with Crippen LogP contribution in [0.15, 0.2) is 30.3 Å². The topological polar surface area (TPSA) is 66.5 Å². The van der Waals surface area contributed by atoms with Crippen LogP contribution in [0, 0.1) is 0 Å². The van der Waals surface area contributed by atoms with Crippen molar-refractivity contribution in [3.8, 4) is 0 Å². The number of rotatable bonds is 4. The number of piperazine rings is 1. The van der Waals surface area contributed by atoms with Gasteiger partial charge in [-0.25, -0.2) is 8.42 Å². The first kappa shape index (κ1) is 16.0. The second-order valence-electron chi connectivity index (χ2n) is 5.65. The van der Waals surface area contributed by atoms with Crippen molar-refractivity contribution in [3.05, 3.63) is 35.9 Å². The summed E-state index contributed by atoms with van der Waals surface area (Å²) in [7, 11) is -3.44. The fourth-order valence-corrected chi connectivity index (χ4v) is 3.60. The van der Waals surface area contributed by atoms with Crippen LogP contribution in [0.1, 0.15) is 12.5 Å². The molecule has 1 aromatic carbocycles. The molecule has 1 aromatic rings. The van der Waals surface area contributed by atoms with Crippen LogP contribution < -0.4 is 5.32 Å². The van der Waals surface area contributed by atoms with E-state index in [0.29, 0.717) is 19.6 Å². The fraction of sp³-hybridized carbons (Fsp3) is 0.533. The molecule has 1 aliphatic rings. The van der Waals surface area contributed by atoms with Crippen molar-refractivity contribution in [2.45, 2.75) is 24.6 Å². The van der Waals surface area contributed by atoms with Gasteiger partial charge >= 0.3 is 0 Å². The van der Waals surface area contributed by atoms with Crippen LogP contribution in [-0.4, -0.2) is 56.4 Å². The summed E-state index contributed by atoms with van der Waals surface area (Å²) in [6.07, 6.45) is 1.38. The van der Waals surface area contributed by atoms with Gasteiger partial charge in [-0.15, -0.1) is 0 Å². The molecule has 6 heteroatoms. The number of carbonyl (C=O) groups is 1. The Morgan fingerprint density at radius 1 is 1.38 bits per heavy atom. The Bertz CT molecular complexity index is 586. The second kappa shape index (κ2) is 6.58. The van der Waals surface area contributed by atoms with E-state index in [-0.39, 0.29) is 18.4 Å². The first-order valence-electron chi connectivity index (χ1n) is 7.13. The Labute approximate surface area is 126 Å². The summed E-state index contributed by atoms with van der Waals surface area (Å²) in [6.45, 7) is 3.81. The van der Waals surface area contributed by atoms with E-state index in [4.69, 9.17) is 0 Å². The lowest BCUT2D eigenvalue weighted by Gasteiger charge is -2.34. The number of hydrogen-bond acceptors (Lipinski definition) is 4. The van der Waals surface area contributed by atoms with Crippen molar-refractivity contribution >= 4 is 15.7 Å². The molecular formula is C15H22N2O3S. The van der Waals surface area contributed by atoms with Crippen LogP contribution in [0.2, 0.25) is 0 Å². The van der Waals surface area contributed by atoms with Gasteiger partial charge < -0.3 is 10.2 Å². The minimum Gasteiger partial charge on any atom is -0.339 e. The Morgan fingerprint density at radius 3 is 2.62 bits per heavy atom. The van der Waals surface area contributed by atoms with Crippen molar-refractivity contribution in [2.24, 2.45) is 0 Å². The summed E-state index contributed by atoms with van der Waals surface area (Å²) >= 11 is 0. The molecule has 0 bridgehead atoms. The van der Waals surface area contributed by atoms with Gasteiger partial charge in [0.2, 0.25) is 5.91 Å². The summed E-state index contributed by atoms with van der Waals surface area (Å²) in [6, 6.07) is 9.48. The van der Waals surface area contributed by atoms with E-state index in [1.54, 1.807) is 4.90 Å². The first-order valence-corrected chi connectivity index (χ1v) is 9.08. The number of nitrogens with zero attached hydrogens (tertiary/aromatic N) is 1. The lowest BCUT2D eigenvalue weighted by atomic mass is 10.1. The van der Waals surface area contributed by atoms with Crippen molar-refractivity contribution < 1.29 is 13.2 Å². The van der Waals surface area contributed by atoms with Gasteiger partial charge in [-0.3, -0.25) is 4.79 Å². The van der Waals surface area contributed by atoms with E-state index in [1.807, 2.05) is 37.3 Å². The summed E-state index contributed by atoms with van der Waals surface area (Å²) in [5.74, 6) is -0.283. The van der Waals surface area contributed by atoms with E-state index in [0.717, 1.165) is 11.8 Å². The fourth-order valence-electron chi connectivity index (χ4n) is 2.59. The highest BCUT2D eigenvalue weighted by molar-refractivity contribution is 7.92. The quantitative estimate of drug-likeness (QED) is 0.877. The highest BCUT2D eigenvalue weighted by atomic mass is 32.2. The van der Waals surface area contributed by atoms with E-state index >= 15 is 0 Å². The van der Waals surface area contributed by atoms with Crippen molar-refractivity contribution in [3.63, 3.8) is 0 Å². The molecule has 1 aliphatic heterocycles. The van der Waals surface area contributed by atoms with Crippen molar-refractivity contribution in [1.82, 2.24) is 10.2 Å². The molecule has 0 unspecified atom stereocenters. The number of sulfone groups is 1. The summed E-state index contributed by atoms with van der Waals surface area (Å²) < 4.78 is 24.1. The van der Waals surface area contributed by atoms with E-state index in [2.05, 4.69) is 5.32 Å². The number of benzene rings is 1. The third kappa shape index (κ3) is 4.28. The molecule has 0 aromatic heterocycles. The van der Waals surface area contributed by atoms with Gasteiger partial charge in [-0.1, -0.05) is 30.3 Å². The minimum atomic E-state index is -3.44. The molecule has 2 atom stereocenters. The SMILES string of the molecule is C[C@H]1CN(C(=O)[C@@H](Cc2ccccc2)S(C)(=O)=O)CCN1. The maximum Gasteiger partial charge on any atom is 0.241 e. The number of amides is 1. The molecule has 0 saturated carbocycles. The van der Waals surface area contributed by atoms with Crippen LogP contribution in [-0.2, 0) is 21.1 Å². The molecule has 1 N–H and O–H groups in total. The third-order valence-corrected chi connectivity index (χ3v) is 5.14. The van der Waals surface area contributed by atoms with Crippen LogP contribution in [0.3, 0.4) is 0 Å². The van der Waals surface area contributed by atoms with E-state index in [9.17, 15) is 13.2 Å². The molecule has 116 valence electrons. The Balaban J connectivity index is 2.18. The van der Waals surface area contributed by atoms with Crippen molar-refractivity contribution in [1.29, 1.82) is 0 Å². The molecule has 5 nitrogen and oxygen atoms in total. The summed E-state index contributed by atoms with van der Waals surface area (Å²) in [5, 5.41) is 2.26. The molecular weight excluding hydrogens is 288 g/mol. The van der Waals surface area contributed by atoms with Gasteiger partial charge in [0.05, 0.1) is 0 Å². The maximum atomic E-state index is 12.6. The smallest absolute Gasteiger partial charge is 0.241 e. The molecule has 1 saturated heterocycles. The largest absolute Gasteiger partial charge is 0.339 e. The molecule has 2 rings (SSSR count). The Kier molecular flexibility index (Phi) is 5.00. The number of carbonyl (C=O) groups excluding carboxylic acids is 1. The van der Waals surface area contributed by atoms with Crippen molar-refractivity contribution in [2.75, 3.05) is 25.9 Å². The highest BCUT2D eigenvalue weighted by Gasteiger charge is 2.34. The normalized spacial score (nSPS) is 21.0. The zero-order valence-corrected chi connectivity index (χ0v) is 13.3. The van der Waals surface area contributed by atoms with Gasteiger partial charge in [0.25, 0.3) is 0 Å². The van der Waals surface area contributed by atoms with Crippen LogP contribution in [0.25, 0.3) is 0 Å². The minimum absolute atomic E-state index is 0.194. The predicted octanol–water partition coefficient (Wildman–Crippen LogP) is 0.463. The highest BCUT2D eigenvalue weighted by Crippen LogP contribution is 2.14. The molecule has 21 heavy (non-hydrogen) atoms. The molecule has 0 radical (unpaired) electrons. The average molecular weight is 310 g/mol. The standard InChI is InChI=1S/C15H22N2O3S/c1-12-11-17(9-8-16-12)15(18)14(21(2,19)20)10-13-6-4-3-5-7-13/h3-7,12,14,16H,8-11H2,1-2H3/t12-,14+/m0/s1. The molecule has 1 heterocycles. The Morgan fingerprint density at radius 2 is 2.05 bits per heavy atom. The van der Waals surface area contributed by atoms with Crippen LogP contribution in [0.4, 0.5) is 0 Å². The molecule has 1 amide bonds. The zero-order chi connectivity index (χ0) is 15.5. The molecule has 0 aliphatic carbocycles. The van der Waals surface area contributed by atoms with Crippen LogP contribution >= 0.6 is 0 Å². The first-order chi connectivity index (χ1) is 9.88. The lowest BCUT2D eigenvalue weighted by molar-refractivity contribution is -0.131. The van der Waals surface area contributed by atoms with Gasteiger partial charge in [-0.2, -0.15) is 0 Å². The second-order valence-corrected chi connectivity index (χ2v) is 7.88. The van der Waals surface area contributed by atoms with Gasteiger partial charge in [0.1, 0.15) is 5.25 Å². The zero-order valence-electron chi connectivity index (χ0n) is 12.5. The average Bonchev–Trinajstić information content (AvgIpc) is 2.44. The molecule has 0 spiro atoms. The van der Waals surface area contributed by atoms with Gasteiger partial charge in [-0.05, 0) is 18.9 Å².